The number of halogens is 2. The number of nitrogen functional groups attached to an aromatic ring is 1. The molecule has 18 heavy (non-hydrogen) atoms. The summed E-state index contributed by atoms with van der Waals surface area (Å²) in [5, 5.41) is 3.02. The summed E-state index contributed by atoms with van der Waals surface area (Å²) in [5.41, 5.74) is 5.99. The van der Waals surface area contributed by atoms with Gasteiger partial charge < -0.3 is 15.8 Å². The number of nitrogens with two attached hydrogens (primary N) is 1. The fraction of sp³-hybridized carbons (Fsp3) is 0.538. The van der Waals surface area contributed by atoms with E-state index in [0.29, 0.717) is 12.5 Å². The molecule has 0 bridgehead atoms. The highest BCUT2D eigenvalue weighted by Gasteiger charge is 2.41. The second-order valence-corrected chi connectivity index (χ2v) is 5.04. The van der Waals surface area contributed by atoms with Crippen LogP contribution in [-0.2, 0) is 4.74 Å². The van der Waals surface area contributed by atoms with Gasteiger partial charge in [-0.3, -0.25) is 0 Å². The van der Waals surface area contributed by atoms with E-state index < -0.39 is 11.6 Å². The predicted octanol–water partition coefficient (Wildman–Crippen LogP) is 2.53. The Kier molecular flexibility index (Phi) is 2.86. The van der Waals surface area contributed by atoms with Crippen LogP contribution in [0.1, 0.15) is 19.3 Å². The molecule has 0 radical (unpaired) electrons. The maximum absolute atomic E-state index is 13.7. The average Bonchev–Trinajstić information content (AvgIpc) is 3.10. The van der Waals surface area contributed by atoms with Crippen LogP contribution in [0.15, 0.2) is 12.1 Å². The second kappa shape index (κ2) is 4.39. The highest BCUT2D eigenvalue weighted by Crippen LogP contribution is 2.40. The van der Waals surface area contributed by atoms with Gasteiger partial charge in [0.2, 0.25) is 0 Å². The third-order valence-electron chi connectivity index (χ3n) is 3.68. The lowest BCUT2D eigenvalue weighted by Gasteiger charge is -2.22. The van der Waals surface area contributed by atoms with Gasteiger partial charge in [-0.25, -0.2) is 8.78 Å². The number of rotatable bonds is 3. The molecule has 0 aromatic heterocycles. The molecule has 1 aromatic rings. The monoisotopic (exact) mass is 254 g/mol. The van der Waals surface area contributed by atoms with Crippen LogP contribution < -0.4 is 11.1 Å². The van der Waals surface area contributed by atoms with Crippen LogP contribution >= 0.6 is 0 Å². The van der Waals surface area contributed by atoms with Crippen molar-refractivity contribution >= 4 is 11.4 Å². The largest absolute Gasteiger partial charge is 0.397 e. The molecule has 5 heteroatoms. The molecule has 1 saturated heterocycles. The van der Waals surface area contributed by atoms with E-state index in [1.165, 1.54) is 6.07 Å². The fourth-order valence-electron chi connectivity index (χ4n) is 2.55. The molecule has 3 N–H and O–H groups in total. The molecule has 2 unspecified atom stereocenters. The Morgan fingerprint density at radius 1 is 1.22 bits per heavy atom. The smallest absolute Gasteiger partial charge is 0.183 e. The first kappa shape index (κ1) is 11.7. The lowest BCUT2D eigenvalue weighted by molar-refractivity contribution is 0.0898. The molecule has 1 aliphatic heterocycles. The van der Waals surface area contributed by atoms with Crippen molar-refractivity contribution in [2.45, 2.75) is 31.4 Å². The van der Waals surface area contributed by atoms with E-state index in [2.05, 4.69) is 5.32 Å². The molecule has 3 rings (SSSR count). The van der Waals surface area contributed by atoms with E-state index in [0.717, 1.165) is 25.3 Å². The molecular weight excluding hydrogens is 238 g/mol. The van der Waals surface area contributed by atoms with Crippen LogP contribution in [0.25, 0.3) is 0 Å². The van der Waals surface area contributed by atoms with Gasteiger partial charge in [-0.1, -0.05) is 0 Å². The maximum atomic E-state index is 13.7. The van der Waals surface area contributed by atoms with E-state index >= 15 is 0 Å². The molecule has 0 amide bonds. The van der Waals surface area contributed by atoms with Crippen LogP contribution in [0.5, 0.6) is 0 Å². The Balaban J connectivity index is 1.81. The van der Waals surface area contributed by atoms with Gasteiger partial charge in [0.25, 0.3) is 0 Å². The molecule has 2 aliphatic rings. The summed E-state index contributed by atoms with van der Waals surface area (Å²) in [6.45, 7) is 0.662. The van der Waals surface area contributed by atoms with Crippen molar-refractivity contribution in [3.05, 3.63) is 23.8 Å². The zero-order valence-electron chi connectivity index (χ0n) is 9.96. The predicted molar refractivity (Wildman–Crippen MR) is 65.3 cm³/mol. The first-order chi connectivity index (χ1) is 8.66. The van der Waals surface area contributed by atoms with E-state index in [9.17, 15) is 8.78 Å². The molecule has 2 fully saturated rings. The number of nitrogens with one attached hydrogen (secondary N) is 1. The highest BCUT2D eigenvalue weighted by atomic mass is 19.2. The van der Waals surface area contributed by atoms with Crippen LogP contribution in [0.3, 0.4) is 0 Å². The molecular formula is C13H16F2N2O. The SMILES string of the molecule is Nc1ccc(F)c(F)c1NC1CCOC1C1CC1. The maximum Gasteiger partial charge on any atom is 0.183 e. The first-order valence-corrected chi connectivity index (χ1v) is 6.28. The lowest BCUT2D eigenvalue weighted by Crippen LogP contribution is -2.31. The summed E-state index contributed by atoms with van der Waals surface area (Å²) < 4.78 is 32.6. The summed E-state index contributed by atoms with van der Waals surface area (Å²) >= 11 is 0. The normalized spacial score (nSPS) is 27.4. The van der Waals surface area contributed by atoms with Crippen molar-refractivity contribution < 1.29 is 13.5 Å². The van der Waals surface area contributed by atoms with E-state index in [4.69, 9.17) is 10.5 Å². The molecule has 1 aliphatic carbocycles. The summed E-state index contributed by atoms with van der Waals surface area (Å²) in [4.78, 5) is 0. The zero-order valence-corrected chi connectivity index (χ0v) is 9.96. The molecule has 98 valence electrons. The Bertz CT molecular complexity index is 463. The molecule has 1 saturated carbocycles. The Labute approximate surface area is 104 Å². The van der Waals surface area contributed by atoms with Crippen LogP contribution in [0.4, 0.5) is 20.2 Å². The summed E-state index contributed by atoms with van der Waals surface area (Å²) in [6.07, 6.45) is 3.22. The number of benzene rings is 1. The Hall–Kier alpha value is -1.36. The summed E-state index contributed by atoms with van der Waals surface area (Å²) in [7, 11) is 0. The van der Waals surface area contributed by atoms with Crippen molar-refractivity contribution in [2.24, 2.45) is 5.92 Å². The fourth-order valence-corrected chi connectivity index (χ4v) is 2.55. The van der Waals surface area contributed by atoms with Crippen molar-refractivity contribution in [2.75, 3.05) is 17.7 Å². The van der Waals surface area contributed by atoms with Gasteiger partial charge in [-0.2, -0.15) is 0 Å². The number of anilines is 2. The van der Waals surface area contributed by atoms with Gasteiger partial charge in [0, 0.05) is 6.61 Å². The zero-order chi connectivity index (χ0) is 12.7. The topological polar surface area (TPSA) is 47.3 Å². The lowest BCUT2D eigenvalue weighted by atomic mass is 10.1. The minimum Gasteiger partial charge on any atom is -0.397 e. The van der Waals surface area contributed by atoms with E-state index in [-0.39, 0.29) is 23.5 Å². The number of hydrogen-bond acceptors (Lipinski definition) is 3. The van der Waals surface area contributed by atoms with E-state index in [1.54, 1.807) is 0 Å². The van der Waals surface area contributed by atoms with Gasteiger partial charge in [-0.05, 0) is 37.3 Å². The third-order valence-corrected chi connectivity index (χ3v) is 3.68. The van der Waals surface area contributed by atoms with Gasteiger partial charge in [-0.15, -0.1) is 0 Å². The first-order valence-electron chi connectivity index (χ1n) is 6.28. The van der Waals surface area contributed by atoms with Crippen LogP contribution in [0.2, 0.25) is 0 Å². The molecule has 1 aromatic carbocycles. The Morgan fingerprint density at radius 3 is 2.72 bits per heavy atom. The minimum absolute atomic E-state index is 0.0242. The third kappa shape index (κ3) is 2.03. The Morgan fingerprint density at radius 2 is 2.00 bits per heavy atom. The van der Waals surface area contributed by atoms with E-state index in [1.807, 2.05) is 0 Å². The van der Waals surface area contributed by atoms with Gasteiger partial charge in [0.15, 0.2) is 11.6 Å². The molecule has 0 spiro atoms. The average molecular weight is 254 g/mol. The summed E-state index contributed by atoms with van der Waals surface area (Å²) in [6, 6.07) is 2.44. The van der Waals surface area contributed by atoms with Crippen molar-refractivity contribution in [3.8, 4) is 0 Å². The molecule has 2 atom stereocenters. The highest BCUT2D eigenvalue weighted by molar-refractivity contribution is 5.67. The second-order valence-electron chi connectivity index (χ2n) is 5.04. The van der Waals surface area contributed by atoms with Crippen LogP contribution in [0, 0.1) is 17.6 Å². The minimum atomic E-state index is -0.906. The standard InChI is InChI=1S/C13H16F2N2O/c14-8-3-4-9(16)12(11(8)15)17-10-5-6-18-13(10)7-1-2-7/h3-4,7,10,13,17H,1-2,5-6,16H2. The van der Waals surface area contributed by atoms with Crippen LogP contribution in [-0.4, -0.2) is 18.8 Å². The van der Waals surface area contributed by atoms with Gasteiger partial charge in [0.05, 0.1) is 23.5 Å². The molecule has 3 nitrogen and oxygen atoms in total. The van der Waals surface area contributed by atoms with Crippen molar-refractivity contribution in [1.29, 1.82) is 0 Å². The molecule has 1 heterocycles. The van der Waals surface area contributed by atoms with Gasteiger partial charge in [0.1, 0.15) is 0 Å². The van der Waals surface area contributed by atoms with Crippen molar-refractivity contribution in [1.82, 2.24) is 0 Å². The van der Waals surface area contributed by atoms with Gasteiger partial charge >= 0.3 is 0 Å². The summed E-state index contributed by atoms with van der Waals surface area (Å²) in [5.74, 6) is -1.23. The number of hydrogen-bond donors (Lipinski definition) is 2. The quantitative estimate of drug-likeness (QED) is 0.815. The van der Waals surface area contributed by atoms with Crippen molar-refractivity contribution in [3.63, 3.8) is 0 Å². The number of ether oxygens (including phenoxy) is 1.